The number of carbonyl (C=O) groups is 1. The van der Waals surface area contributed by atoms with Crippen LogP contribution in [0.1, 0.15) is 54.4 Å². The zero-order valence-electron chi connectivity index (χ0n) is 26.0. The van der Waals surface area contributed by atoms with Crippen LogP contribution in [0.25, 0.3) is 0 Å². The van der Waals surface area contributed by atoms with E-state index in [-0.39, 0.29) is 30.7 Å². The average molecular weight is 624 g/mol. The summed E-state index contributed by atoms with van der Waals surface area (Å²) in [7, 11) is -6.76. The Kier molecular flexibility index (Phi) is 10.1. The van der Waals surface area contributed by atoms with Gasteiger partial charge < -0.3 is 9.16 Å². The van der Waals surface area contributed by atoms with Crippen LogP contribution in [0.15, 0.2) is 53.5 Å². The molecule has 13 heteroatoms. The van der Waals surface area contributed by atoms with Gasteiger partial charge in [0.05, 0.1) is 30.2 Å². The Labute approximate surface area is 250 Å². The lowest BCUT2D eigenvalue weighted by Crippen LogP contribution is -2.57. The molecule has 0 unspecified atom stereocenters. The first-order chi connectivity index (χ1) is 19.3. The van der Waals surface area contributed by atoms with E-state index in [1.807, 2.05) is 6.08 Å². The summed E-state index contributed by atoms with van der Waals surface area (Å²) in [4.78, 5) is 31.4. The number of hydrogen-bond donors (Lipinski definition) is 0. The van der Waals surface area contributed by atoms with E-state index in [9.17, 15) is 23.3 Å². The van der Waals surface area contributed by atoms with Gasteiger partial charge in [0.25, 0.3) is 15.7 Å². The van der Waals surface area contributed by atoms with Crippen molar-refractivity contribution in [1.82, 2.24) is 9.37 Å². The summed E-state index contributed by atoms with van der Waals surface area (Å²) in [6, 6.07) is 3.67. The van der Waals surface area contributed by atoms with Crippen molar-refractivity contribution in [2.45, 2.75) is 95.1 Å². The molecule has 1 fully saturated rings. The van der Waals surface area contributed by atoms with Crippen molar-refractivity contribution in [1.29, 1.82) is 0 Å². The van der Waals surface area contributed by atoms with Gasteiger partial charge in [-0.25, -0.2) is 13.2 Å². The molecule has 0 radical (unpaired) electrons. The van der Waals surface area contributed by atoms with Crippen LogP contribution in [-0.2, 0) is 24.0 Å². The van der Waals surface area contributed by atoms with E-state index in [1.54, 1.807) is 20.8 Å². The number of carbonyl (C=O) groups excluding carboxylic acids is 1. The molecule has 1 amide bonds. The molecule has 11 nitrogen and oxygen atoms in total. The normalized spacial score (nSPS) is 20.3. The Morgan fingerprint density at radius 2 is 1.81 bits per heavy atom. The molecule has 1 aromatic carbocycles. The second kappa shape index (κ2) is 12.6. The van der Waals surface area contributed by atoms with E-state index in [2.05, 4.69) is 40.4 Å². The van der Waals surface area contributed by atoms with Crippen LogP contribution in [0.2, 0.25) is 18.1 Å². The van der Waals surface area contributed by atoms with Crippen LogP contribution in [0, 0.1) is 16.0 Å². The number of nitro benzene ring substituents is 1. The lowest BCUT2D eigenvalue weighted by molar-refractivity contribution is -0.388. The number of rotatable bonds is 11. The number of ether oxygens (including phenoxy) is 1. The first-order valence-electron chi connectivity index (χ1n) is 14.2. The van der Waals surface area contributed by atoms with E-state index >= 15 is 0 Å². The van der Waals surface area contributed by atoms with Crippen molar-refractivity contribution >= 4 is 30.1 Å². The predicted octanol–water partition coefficient (Wildman–Crippen LogP) is 6.05. The monoisotopic (exact) mass is 623 g/mol. The summed E-state index contributed by atoms with van der Waals surface area (Å²) in [6.07, 6.45) is 4.39. The largest absolute Gasteiger partial charge is 0.444 e. The number of hydroxylamine groups is 1. The third-order valence-electron chi connectivity index (χ3n) is 7.78. The maximum atomic E-state index is 14.0. The Hall–Kier alpha value is -2.58. The minimum Gasteiger partial charge on any atom is -0.444 e. The van der Waals surface area contributed by atoms with Crippen molar-refractivity contribution in [3.8, 4) is 0 Å². The Morgan fingerprint density at radius 1 is 1.19 bits per heavy atom. The Morgan fingerprint density at radius 3 is 2.33 bits per heavy atom. The van der Waals surface area contributed by atoms with Gasteiger partial charge in [0.2, 0.25) is 0 Å². The van der Waals surface area contributed by atoms with Crippen LogP contribution in [0.4, 0.5) is 10.5 Å². The first kappa shape index (κ1) is 33.9. The van der Waals surface area contributed by atoms with Crippen LogP contribution < -0.4 is 0 Å². The molecule has 0 spiro atoms. The molecule has 1 heterocycles. The minimum atomic E-state index is -4.56. The number of benzene rings is 1. The maximum absolute atomic E-state index is 14.0. The van der Waals surface area contributed by atoms with Gasteiger partial charge in [-0.05, 0) is 69.3 Å². The van der Waals surface area contributed by atoms with E-state index in [0.29, 0.717) is 0 Å². The van der Waals surface area contributed by atoms with Crippen molar-refractivity contribution in [3.63, 3.8) is 0 Å². The standard InChI is InChI=1S/C29H45N3O8SSi/c1-10-17-38-32(41(36,37)26-14-12-11-13-24(26)31(34)35)22-18-23(21-15-16-21)25(20-39-42(8,9)29(5,6)7)30(19-22)27(33)40-28(2,3)4/h10-14,18,21-22,25H,1,15-17,19-20H2,2-9H3/t22-,25+/m1/s1. The summed E-state index contributed by atoms with van der Waals surface area (Å²) in [5, 5.41) is 11.7. The number of para-hydroxylation sites is 1. The summed E-state index contributed by atoms with van der Waals surface area (Å²) < 4.78 is 41.1. The molecule has 1 aliphatic carbocycles. The number of hydrogen-bond acceptors (Lipinski definition) is 8. The molecule has 234 valence electrons. The quantitative estimate of drug-likeness (QED) is 0.126. The molecule has 0 aromatic heterocycles. The highest BCUT2D eigenvalue weighted by molar-refractivity contribution is 7.89. The first-order valence-corrected chi connectivity index (χ1v) is 18.5. The molecule has 1 aromatic rings. The molecule has 0 N–H and O–H groups in total. The zero-order chi connectivity index (χ0) is 31.7. The fourth-order valence-electron chi connectivity index (χ4n) is 4.45. The van der Waals surface area contributed by atoms with Gasteiger partial charge in [-0.3, -0.25) is 19.9 Å². The van der Waals surface area contributed by atoms with Crippen molar-refractivity contribution in [2.75, 3.05) is 19.8 Å². The molecule has 2 aliphatic rings. The molecular weight excluding hydrogens is 578 g/mol. The highest BCUT2D eigenvalue weighted by atomic mass is 32.2. The Bertz CT molecular complexity index is 1310. The number of nitrogens with zero attached hydrogens (tertiary/aromatic N) is 3. The molecule has 42 heavy (non-hydrogen) atoms. The molecule has 0 bridgehead atoms. The fraction of sp³-hybridized carbons (Fsp3) is 0.621. The summed E-state index contributed by atoms with van der Waals surface area (Å²) in [6.45, 7) is 19.6. The molecule has 2 atom stereocenters. The van der Waals surface area contributed by atoms with E-state index in [1.165, 1.54) is 29.2 Å². The summed E-state index contributed by atoms with van der Waals surface area (Å²) >= 11 is 0. The Balaban J connectivity index is 2.13. The van der Waals surface area contributed by atoms with E-state index in [4.69, 9.17) is 14.0 Å². The molecule has 0 saturated heterocycles. The SMILES string of the molecule is C=CCON([C@@H]1C=C(C2CC2)[C@H](CO[Si](C)(C)C(C)(C)C)N(C(=O)OC(C)(C)C)C1)S(=O)(=O)c1ccccc1[N+](=O)[O-]. The molecular formula is C29H45N3O8SSi. The smallest absolute Gasteiger partial charge is 0.410 e. The molecule has 3 rings (SSSR count). The van der Waals surface area contributed by atoms with Crippen molar-refractivity contribution in [3.05, 3.63) is 58.7 Å². The summed E-state index contributed by atoms with van der Waals surface area (Å²) in [5.41, 5.74) is -0.494. The second-order valence-corrected chi connectivity index (χ2v) is 19.9. The van der Waals surface area contributed by atoms with Crippen LogP contribution in [0.3, 0.4) is 0 Å². The summed E-state index contributed by atoms with van der Waals surface area (Å²) in [5.74, 6) is 0.140. The van der Waals surface area contributed by atoms with Gasteiger partial charge in [-0.2, -0.15) is 0 Å². The van der Waals surface area contributed by atoms with Crippen molar-refractivity contribution in [2.24, 2.45) is 5.92 Å². The van der Waals surface area contributed by atoms with E-state index in [0.717, 1.165) is 28.9 Å². The van der Waals surface area contributed by atoms with Crippen LogP contribution >= 0.6 is 0 Å². The van der Waals surface area contributed by atoms with Gasteiger partial charge in [-0.1, -0.05) is 49.5 Å². The van der Waals surface area contributed by atoms with Crippen molar-refractivity contribution < 1.29 is 32.1 Å². The maximum Gasteiger partial charge on any atom is 0.410 e. The van der Waals surface area contributed by atoms with Gasteiger partial charge in [0.15, 0.2) is 13.2 Å². The highest BCUT2D eigenvalue weighted by Gasteiger charge is 2.47. The van der Waals surface area contributed by atoms with Gasteiger partial charge in [-0.15, -0.1) is 6.58 Å². The van der Waals surface area contributed by atoms with Crippen LogP contribution in [0.5, 0.6) is 0 Å². The topological polar surface area (TPSA) is 129 Å². The zero-order valence-corrected chi connectivity index (χ0v) is 27.8. The average Bonchev–Trinajstić information content (AvgIpc) is 3.71. The highest BCUT2D eigenvalue weighted by Crippen LogP contribution is 2.44. The predicted molar refractivity (Wildman–Crippen MR) is 163 cm³/mol. The van der Waals surface area contributed by atoms with Gasteiger partial charge >= 0.3 is 6.09 Å². The van der Waals surface area contributed by atoms with E-state index < -0.39 is 57.6 Å². The second-order valence-electron chi connectivity index (χ2n) is 13.3. The minimum absolute atomic E-state index is 0.0573. The van der Waals surface area contributed by atoms with Crippen LogP contribution in [-0.4, -0.2) is 74.6 Å². The number of sulfonamides is 1. The third kappa shape index (κ3) is 7.87. The number of amides is 1. The molecule has 1 saturated carbocycles. The third-order valence-corrected chi connectivity index (χ3v) is 14.0. The van der Waals surface area contributed by atoms with Gasteiger partial charge in [0.1, 0.15) is 5.60 Å². The lowest BCUT2D eigenvalue weighted by Gasteiger charge is -2.44. The fourth-order valence-corrected chi connectivity index (χ4v) is 6.99. The van der Waals surface area contributed by atoms with Gasteiger partial charge in [0, 0.05) is 12.6 Å². The number of nitro groups is 1. The molecule has 1 aliphatic heterocycles. The lowest BCUT2D eigenvalue weighted by atomic mass is 9.94.